The van der Waals surface area contributed by atoms with Crippen LogP contribution in [0.15, 0.2) is 18.2 Å². The van der Waals surface area contributed by atoms with Crippen LogP contribution in [0.4, 0.5) is 0 Å². The number of halogens is 2. The zero-order valence-corrected chi connectivity index (χ0v) is 12.3. The highest BCUT2D eigenvalue weighted by atomic mass is 35.5. The van der Waals surface area contributed by atoms with Crippen LogP contribution in [0.5, 0.6) is 0 Å². The number of thioether (sulfide) groups is 1. The minimum atomic E-state index is -0.193. The van der Waals surface area contributed by atoms with Crippen LogP contribution in [0.3, 0.4) is 0 Å². The summed E-state index contributed by atoms with van der Waals surface area (Å²) >= 11 is 14.1. The Morgan fingerprint density at radius 2 is 2.18 bits per heavy atom. The molecule has 1 aliphatic heterocycles. The van der Waals surface area contributed by atoms with Crippen LogP contribution in [-0.4, -0.2) is 17.6 Å². The summed E-state index contributed by atoms with van der Waals surface area (Å²) in [5.41, 5.74) is 0.876. The molecule has 2 atom stereocenters. The number of benzene rings is 1. The Labute approximate surface area is 117 Å². The molecule has 0 spiro atoms. The van der Waals surface area contributed by atoms with Crippen molar-refractivity contribution >= 4 is 35.0 Å². The zero-order valence-electron chi connectivity index (χ0n) is 10.0. The molecule has 0 radical (unpaired) electrons. The fraction of sp³-hybridized carbons (Fsp3) is 0.538. The van der Waals surface area contributed by atoms with E-state index in [1.807, 2.05) is 23.9 Å². The smallest absolute Gasteiger partial charge is 0.129 e. The van der Waals surface area contributed by atoms with Crippen LogP contribution in [-0.2, 0) is 10.3 Å². The molecule has 0 saturated carbocycles. The van der Waals surface area contributed by atoms with E-state index in [-0.39, 0.29) is 5.60 Å². The van der Waals surface area contributed by atoms with Gasteiger partial charge < -0.3 is 4.74 Å². The summed E-state index contributed by atoms with van der Waals surface area (Å²) in [6.45, 7) is 5.15. The van der Waals surface area contributed by atoms with E-state index in [9.17, 15) is 0 Å². The SMILES string of the molecule is CCCSC(C)C1(c2ccc(Cl)cc2Cl)CO1. The van der Waals surface area contributed by atoms with E-state index in [4.69, 9.17) is 27.9 Å². The van der Waals surface area contributed by atoms with Crippen molar-refractivity contribution in [2.24, 2.45) is 0 Å². The molecule has 1 fully saturated rings. The largest absolute Gasteiger partial charge is 0.363 e. The second kappa shape index (κ2) is 5.40. The van der Waals surface area contributed by atoms with Gasteiger partial charge in [0.15, 0.2) is 0 Å². The predicted octanol–water partition coefficient (Wildman–Crippen LogP) is 4.75. The van der Waals surface area contributed by atoms with Crippen LogP contribution in [0, 0.1) is 0 Å². The van der Waals surface area contributed by atoms with Crippen LogP contribution in [0.25, 0.3) is 0 Å². The molecule has 1 saturated heterocycles. The first-order valence-corrected chi connectivity index (χ1v) is 7.61. The fourth-order valence-electron chi connectivity index (χ4n) is 1.95. The van der Waals surface area contributed by atoms with Crippen molar-refractivity contribution in [1.82, 2.24) is 0 Å². The molecule has 1 nitrogen and oxygen atoms in total. The Bertz CT molecular complexity index is 404. The molecule has 1 heterocycles. The van der Waals surface area contributed by atoms with E-state index in [0.717, 1.165) is 17.9 Å². The maximum absolute atomic E-state index is 6.26. The molecule has 0 aromatic heterocycles. The highest BCUT2D eigenvalue weighted by Gasteiger charge is 2.52. The first kappa shape index (κ1) is 13.5. The molecular formula is C13H16Cl2OS. The van der Waals surface area contributed by atoms with Gasteiger partial charge in [0.2, 0.25) is 0 Å². The first-order chi connectivity index (χ1) is 8.10. The minimum Gasteiger partial charge on any atom is -0.363 e. The van der Waals surface area contributed by atoms with Crippen LogP contribution >= 0.6 is 35.0 Å². The lowest BCUT2D eigenvalue weighted by molar-refractivity contribution is 0.307. The molecule has 2 unspecified atom stereocenters. The Morgan fingerprint density at radius 3 is 2.71 bits per heavy atom. The van der Waals surface area contributed by atoms with Crippen molar-refractivity contribution < 1.29 is 4.74 Å². The molecule has 1 aromatic carbocycles. The van der Waals surface area contributed by atoms with Crippen molar-refractivity contribution in [2.75, 3.05) is 12.4 Å². The molecule has 2 rings (SSSR count). The number of hydrogen-bond donors (Lipinski definition) is 0. The quantitative estimate of drug-likeness (QED) is 0.726. The fourth-order valence-corrected chi connectivity index (χ4v) is 3.64. The van der Waals surface area contributed by atoms with E-state index in [1.54, 1.807) is 6.07 Å². The molecule has 0 N–H and O–H groups in total. The van der Waals surface area contributed by atoms with Crippen molar-refractivity contribution in [1.29, 1.82) is 0 Å². The number of ether oxygens (including phenoxy) is 1. The molecule has 1 aromatic rings. The summed E-state index contributed by atoms with van der Waals surface area (Å²) in [4.78, 5) is 0. The Hall–Kier alpha value is 0.110. The number of rotatable bonds is 5. The average molecular weight is 291 g/mol. The van der Waals surface area contributed by atoms with Gasteiger partial charge in [-0.25, -0.2) is 0 Å². The summed E-state index contributed by atoms with van der Waals surface area (Å²) in [5.74, 6) is 1.15. The first-order valence-electron chi connectivity index (χ1n) is 5.81. The predicted molar refractivity (Wildman–Crippen MR) is 76.3 cm³/mol. The van der Waals surface area contributed by atoms with Gasteiger partial charge in [-0.1, -0.05) is 43.1 Å². The summed E-state index contributed by atoms with van der Waals surface area (Å²) in [6, 6.07) is 5.66. The van der Waals surface area contributed by atoms with Gasteiger partial charge in [-0.15, -0.1) is 0 Å². The summed E-state index contributed by atoms with van der Waals surface area (Å²) in [5, 5.41) is 1.79. The molecule has 1 aliphatic rings. The number of epoxide rings is 1. The van der Waals surface area contributed by atoms with E-state index < -0.39 is 0 Å². The lowest BCUT2D eigenvalue weighted by atomic mass is 9.97. The second-order valence-electron chi connectivity index (χ2n) is 4.32. The Kier molecular flexibility index (Phi) is 4.30. The monoisotopic (exact) mass is 290 g/mol. The molecule has 0 amide bonds. The van der Waals surface area contributed by atoms with Crippen molar-refractivity contribution in [2.45, 2.75) is 31.1 Å². The maximum atomic E-state index is 6.26. The van der Waals surface area contributed by atoms with Gasteiger partial charge in [0.05, 0.1) is 6.61 Å². The van der Waals surface area contributed by atoms with Gasteiger partial charge in [0.1, 0.15) is 5.60 Å². The molecular weight excluding hydrogens is 275 g/mol. The van der Waals surface area contributed by atoms with E-state index in [1.165, 1.54) is 6.42 Å². The van der Waals surface area contributed by atoms with Crippen molar-refractivity contribution in [3.63, 3.8) is 0 Å². The Morgan fingerprint density at radius 1 is 1.47 bits per heavy atom. The van der Waals surface area contributed by atoms with Crippen LogP contribution < -0.4 is 0 Å². The van der Waals surface area contributed by atoms with Gasteiger partial charge in [-0.05, 0) is 24.3 Å². The second-order valence-corrected chi connectivity index (χ2v) is 6.61. The zero-order chi connectivity index (χ0) is 12.5. The van der Waals surface area contributed by atoms with Gasteiger partial charge in [0.25, 0.3) is 0 Å². The third kappa shape index (κ3) is 2.76. The summed E-state index contributed by atoms with van der Waals surface area (Å²) in [7, 11) is 0. The molecule has 94 valence electrons. The Balaban J connectivity index is 2.20. The molecule has 4 heteroatoms. The standard InChI is InChI=1S/C13H16Cl2OS/c1-3-6-17-9(2)13(8-16-13)11-5-4-10(14)7-12(11)15/h4-5,7,9H,3,6,8H2,1-2H3. The molecule has 0 bridgehead atoms. The van der Waals surface area contributed by atoms with Crippen LogP contribution in [0.1, 0.15) is 25.8 Å². The third-order valence-electron chi connectivity index (χ3n) is 3.07. The normalized spacial score (nSPS) is 24.7. The number of hydrogen-bond acceptors (Lipinski definition) is 2. The van der Waals surface area contributed by atoms with E-state index in [0.29, 0.717) is 15.3 Å². The summed E-state index contributed by atoms with van der Waals surface area (Å²) in [6.07, 6.45) is 1.18. The lowest BCUT2D eigenvalue weighted by Gasteiger charge is -2.21. The average Bonchev–Trinajstić information content (AvgIpc) is 3.07. The van der Waals surface area contributed by atoms with Crippen molar-refractivity contribution in [3.8, 4) is 0 Å². The lowest BCUT2D eigenvalue weighted by Crippen LogP contribution is -2.22. The molecule has 17 heavy (non-hydrogen) atoms. The topological polar surface area (TPSA) is 12.5 Å². The summed E-state index contributed by atoms with van der Waals surface area (Å²) < 4.78 is 5.71. The maximum Gasteiger partial charge on any atom is 0.129 e. The highest BCUT2D eigenvalue weighted by molar-refractivity contribution is 7.99. The van der Waals surface area contributed by atoms with Crippen LogP contribution in [0.2, 0.25) is 10.0 Å². The van der Waals surface area contributed by atoms with Gasteiger partial charge in [-0.2, -0.15) is 11.8 Å². The van der Waals surface area contributed by atoms with Gasteiger partial charge in [0, 0.05) is 20.9 Å². The van der Waals surface area contributed by atoms with Crippen molar-refractivity contribution in [3.05, 3.63) is 33.8 Å². The minimum absolute atomic E-state index is 0.193. The molecule has 0 aliphatic carbocycles. The van der Waals surface area contributed by atoms with Gasteiger partial charge in [-0.3, -0.25) is 0 Å². The third-order valence-corrected chi connectivity index (χ3v) is 5.14. The van der Waals surface area contributed by atoms with E-state index in [2.05, 4.69) is 13.8 Å². The van der Waals surface area contributed by atoms with E-state index >= 15 is 0 Å². The van der Waals surface area contributed by atoms with Gasteiger partial charge >= 0.3 is 0 Å². The highest BCUT2D eigenvalue weighted by Crippen LogP contribution is 2.49.